The van der Waals surface area contributed by atoms with Crippen molar-refractivity contribution in [3.8, 4) is 5.75 Å². The van der Waals surface area contributed by atoms with Gasteiger partial charge in [0.15, 0.2) is 5.82 Å². The summed E-state index contributed by atoms with van der Waals surface area (Å²) in [6, 6.07) is 17.7. The molecule has 1 unspecified atom stereocenters. The van der Waals surface area contributed by atoms with E-state index >= 15 is 0 Å². The van der Waals surface area contributed by atoms with E-state index in [4.69, 9.17) is 14.0 Å². The topological polar surface area (TPSA) is 90.7 Å². The number of para-hydroxylation sites is 1. The molecule has 0 spiro atoms. The Labute approximate surface area is 166 Å². The van der Waals surface area contributed by atoms with E-state index in [9.17, 15) is 9.59 Å². The summed E-state index contributed by atoms with van der Waals surface area (Å²) in [7, 11) is 0. The van der Waals surface area contributed by atoms with Gasteiger partial charge in [-0.25, -0.2) is 4.79 Å². The number of carbonyl (C=O) groups is 2. The highest BCUT2D eigenvalue weighted by Gasteiger charge is 2.28. The Morgan fingerprint density at radius 3 is 2.62 bits per heavy atom. The fraction of sp³-hybridized carbons (Fsp3) is 0.136. The fourth-order valence-electron chi connectivity index (χ4n) is 2.93. The third-order valence-electron chi connectivity index (χ3n) is 4.34. The lowest BCUT2D eigenvalue weighted by Gasteiger charge is -2.20. The van der Waals surface area contributed by atoms with Gasteiger partial charge in [-0.3, -0.25) is 4.79 Å². The number of nitrogens with one attached hydrogen (secondary N) is 1. The predicted octanol–water partition coefficient (Wildman–Crippen LogP) is 3.68. The van der Waals surface area contributed by atoms with Crippen molar-refractivity contribution in [1.82, 2.24) is 5.16 Å². The molecule has 29 heavy (non-hydrogen) atoms. The Kier molecular flexibility index (Phi) is 5.11. The molecule has 146 valence electrons. The van der Waals surface area contributed by atoms with Crippen LogP contribution in [0, 0.1) is 6.92 Å². The van der Waals surface area contributed by atoms with Crippen molar-refractivity contribution in [2.45, 2.75) is 13.0 Å². The number of aryl methyl sites for hydroxylation is 1. The average Bonchev–Trinajstić information content (AvgIpc) is 3.16. The molecule has 2 heterocycles. The standard InChI is InChI=1S/C22H18N2O5/c1-14-11-19(24-29-14)23-21(25)20(15-7-3-2-4-8-15)28-22(26)17-12-16-9-5-6-10-18(16)27-13-17/h2-12,20H,13H2,1H3,(H,23,24,25). The molecule has 0 aliphatic carbocycles. The van der Waals surface area contributed by atoms with Crippen LogP contribution in [0.1, 0.15) is 23.0 Å². The maximum absolute atomic E-state index is 12.8. The van der Waals surface area contributed by atoms with Crippen LogP contribution in [0.5, 0.6) is 5.75 Å². The summed E-state index contributed by atoms with van der Waals surface area (Å²) >= 11 is 0. The van der Waals surface area contributed by atoms with Gasteiger partial charge in [-0.2, -0.15) is 0 Å². The van der Waals surface area contributed by atoms with Crippen molar-refractivity contribution in [1.29, 1.82) is 0 Å². The molecule has 0 saturated heterocycles. The molecule has 0 bridgehead atoms. The Morgan fingerprint density at radius 2 is 1.86 bits per heavy atom. The van der Waals surface area contributed by atoms with Crippen LogP contribution in [0.3, 0.4) is 0 Å². The lowest BCUT2D eigenvalue weighted by molar-refractivity contribution is -0.151. The van der Waals surface area contributed by atoms with E-state index in [1.165, 1.54) is 0 Å². The van der Waals surface area contributed by atoms with Crippen LogP contribution in [0.4, 0.5) is 5.82 Å². The molecule has 1 atom stereocenters. The Balaban J connectivity index is 1.56. The van der Waals surface area contributed by atoms with Crippen LogP contribution in [-0.4, -0.2) is 23.6 Å². The molecule has 1 amide bonds. The molecule has 0 saturated carbocycles. The van der Waals surface area contributed by atoms with Gasteiger partial charge >= 0.3 is 5.97 Å². The summed E-state index contributed by atoms with van der Waals surface area (Å²) in [5.41, 5.74) is 1.65. The van der Waals surface area contributed by atoms with Crippen molar-refractivity contribution < 1.29 is 23.6 Å². The van der Waals surface area contributed by atoms with Gasteiger partial charge in [-0.1, -0.05) is 53.7 Å². The summed E-state index contributed by atoms with van der Waals surface area (Å²) < 4.78 is 16.1. The molecule has 0 radical (unpaired) electrons. The summed E-state index contributed by atoms with van der Waals surface area (Å²) in [5, 5.41) is 6.36. The van der Waals surface area contributed by atoms with E-state index in [2.05, 4.69) is 10.5 Å². The molecule has 7 nitrogen and oxygen atoms in total. The average molecular weight is 390 g/mol. The summed E-state index contributed by atoms with van der Waals surface area (Å²) in [4.78, 5) is 25.6. The number of rotatable bonds is 5. The van der Waals surface area contributed by atoms with E-state index in [1.54, 1.807) is 43.3 Å². The Morgan fingerprint density at radius 1 is 1.10 bits per heavy atom. The van der Waals surface area contributed by atoms with E-state index in [-0.39, 0.29) is 12.4 Å². The van der Waals surface area contributed by atoms with Gasteiger partial charge in [0.1, 0.15) is 18.1 Å². The second kappa shape index (κ2) is 8.02. The number of nitrogens with zero attached hydrogens (tertiary/aromatic N) is 1. The number of esters is 1. The van der Waals surface area contributed by atoms with Gasteiger partial charge in [0.05, 0.1) is 5.57 Å². The molecule has 3 aromatic rings. The number of hydrogen-bond acceptors (Lipinski definition) is 6. The zero-order chi connectivity index (χ0) is 20.2. The molecular weight excluding hydrogens is 372 g/mol. The van der Waals surface area contributed by atoms with Crippen molar-refractivity contribution in [2.24, 2.45) is 0 Å². The quantitative estimate of drug-likeness (QED) is 0.669. The van der Waals surface area contributed by atoms with Crippen LogP contribution >= 0.6 is 0 Å². The van der Waals surface area contributed by atoms with Gasteiger partial charge < -0.3 is 19.3 Å². The molecule has 1 aromatic heterocycles. The van der Waals surface area contributed by atoms with E-state index < -0.39 is 18.0 Å². The SMILES string of the molecule is Cc1cc(NC(=O)C(OC(=O)C2=Cc3ccccc3OC2)c2ccccc2)no1. The first-order valence-electron chi connectivity index (χ1n) is 9.02. The van der Waals surface area contributed by atoms with Gasteiger partial charge in [-0.15, -0.1) is 0 Å². The minimum absolute atomic E-state index is 0.0709. The highest BCUT2D eigenvalue weighted by atomic mass is 16.6. The van der Waals surface area contributed by atoms with Gasteiger partial charge in [0.25, 0.3) is 5.91 Å². The third-order valence-corrected chi connectivity index (χ3v) is 4.34. The van der Waals surface area contributed by atoms with Crippen molar-refractivity contribution in [3.63, 3.8) is 0 Å². The second-order valence-corrected chi connectivity index (χ2v) is 6.50. The van der Waals surface area contributed by atoms with Crippen LogP contribution in [0.15, 0.2) is 70.8 Å². The lowest BCUT2D eigenvalue weighted by atomic mass is 10.1. The van der Waals surface area contributed by atoms with Crippen molar-refractivity contribution in [3.05, 3.63) is 83.1 Å². The third kappa shape index (κ3) is 4.19. The molecular formula is C22H18N2O5. The van der Waals surface area contributed by atoms with Crippen LogP contribution in [-0.2, 0) is 14.3 Å². The number of ether oxygens (including phenoxy) is 2. The molecule has 1 aliphatic rings. The molecule has 4 rings (SSSR count). The zero-order valence-electron chi connectivity index (χ0n) is 15.6. The zero-order valence-corrected chi connectivity index (χ0v) is 15.6. The number of hydrogen-bond donors (Lipinski definition) is 1. The largest absolute Gasteiger partial charge is 0.488 e. The Hall–Kier alpha value is -3.87. The fourth-order valence-corrected chi connectivity index (χ4v) is 2.93. The van der Waals surface area contributed by atoms with Crippen molar-refractivity contribution in [2.75, 3.05) is 11.9 Å². The van der Waals surface area contributed by atoms with Gasteiger partial charge in [-0.05, 0) is 19.1 Å². The van der Waals surface area contributed by atoms with E-state index in [1.807, 2.05) is 30.3 Å². The normalized spacial score (nSPS) is 13.5. The van der Waals surface area contributed by atoms with Crippen molar-refractivity contribution >= 4 is 23.8 Å². The summed E-state index contributed by atoms with van der Waals surface area (Å²) in [6.07, 6.45) is 0.557. The minimum Gasteiger partial charge on any atom is -0.488 e. The second-order valence-electron chi connectivity index (χ2n) is 6.50. The van der Waals surface area contributed by atoms with Crippen LogP contribution < -0.4 is 10.1 Å². The number of anilines is 1. The highest BCUT2D eigenvalue weighted by Crippen LogP contribution is 2.28. The number of carbonyl (C=O) groups excluding carboxylic acids is 2. The maximum atomic E-state index is 12.8. The molecule has 1 N–H and O–H groups in total. The van der Waals surface area contributed by atoms with Crippen LogP contribution in [0.25, 0.3) is 6.08 Å². The molecule has 1 aliphatic heterocycles. The molecule has 7 heteroatoms. The first kappa shape index (κ1) is 18.5. The highest BCUT2D eigenvalue weighted by molar-refractivity contribution is 5.99. The first-order valence-corrected chi connectivity index (χ1v) is 9.02. The Bertz CT molecular complexity index is 1070. The van der Waals surface area contributed by atoms with Gasteiger partial charge in [0, 0.05) is 17.2 Å². The monoisotopic (exact) mass is 390 g/mol. The van der Waals surface area contributed by atoms with E-state index in [0.29, 0.717) is 22.6 Å². The number of fused-ring (bicyclic) bond motifs is 1. The number of aromatic nitrogens is 1. The number of benzene rings is 2. The van der Waals surface area contributed by atoms with Gasteiger partial charge in [0.2, 0.25) is 6.10 Å². The molecule has 2 aromatic carbocycles. The predicted molar refractivity (Wildman–Crippen MR) is 105 cm³/mol. The summed E-state index contributed by atoms with van der Waals surface area (Å²) in [6.45, 7) is 1.78. The first-order chi connectivity index (χ1) is 14.1. The summed E-state index contributed by atoms with van der Waals surface area (Å²) in [5.74, 6) is 0.341. The lowest BCUT2D eigenvalue weighted by Crippen LogP contribution is -2.28. The number of amides is 1. The minimum atomic E-state index is -1.15. The van der Waals surface area contributed by atoms with E-state index in [0.717, 1.165) is 5.56 Å². The maximum Gasteiger partial charge on any atom is 0.338 e. The smallest absolute Gasteiger partial charge is 0.338 e. The van der Waals surface area contributed by atoms with Crippen LogP contribution in [0.2, 0.25) is 0 Å². The molecule has 0 fully saturated rings.